The maximum atomic E-state index is 6.10. The molecule has 4 rings (SSSR count). The largest absolute Gasteiger partial charge is 0.373 e. The summed E-state index contributed by atoms with van der Waals surface area (Å²) in [5, 5.41) is 4.60. The fraction of sp³-hybridized carbons (Fsp3) is 0.524. The summed E-state index contributed by atoms with van der Waals surface area (Å²) in [6.07, 6.45) is 3.25. The highest BCUT2D eigenvalue weighted by Gasteiger charge is 2.41. The Bertz CT molecular complexity index is 799. The van der Waals surface area contributed by atoms with E-state index in [4.69, 9.17) is 4.74 Å². The summed E-state index contributed by atoms with van der Waals surface area (Å²) < 4.78 is 6.10. The zero-order valence-corrected chi connectivity index (χ0v) is 20.2. The third-order valence-corrected chi connectivity index (χ3v) is 6.65. The van der Waals surface area contributed by atoms with Gasteiger partial charge in [-0.3, -0.25) is 9.89 Å². The Kier molecular flexibility index (Phi) is 8.28. The van der Waals surface area contributed by atoms with Gasteiger partial charge in [-0.15, -0.1) is 35.3 Å². The van der Waals surface area contributed by atoms with Gasteiger partial charge in [0.2, 0.25) is 0 Å². The quantitative estimate of drug-likeness (QED) is 0.368. The number of hydrogen-bond donors (Lipinski definition) is 1. The molecule has 3 heterocycles. The van der Waals surface area contributed by atoms with Gasteiger partial charge in [0.1, 0.15) is 5.01 Å². The smallest absolute Gasteiger partial charge is 0.194 e. The molecule has 1 N–H and O–H groups in total. The van der Waals surface area contributed by atoms with Gasteiger partial charge in [-0.2, -0.15) is 0 Å². The Morgan fingerprint density at radius 3 is 2.86 bits per heavy atom. The van der Waals surface area contributed by atoms with E-state index in [0.29, 0.717) is 6.04 Å². The lowest BCUT2D eigenvalue weighted by Crippen LogP contribution is -2.50. The summed E-state index contributed by atoms with van der Waals surface area (Å²) in [7, 11) is 1.85. The van der Waals surface area contributed by atoms with Crippen molar-refractivity contribution in [3.8, 4) is 0 Å². The average molecular weight is 527 g/mol. The highest BCUT2D eigenvalue weighted by Crippen LogP contribution is 2.25. The van der Waals surface area contributed by atoms with Crippen LogP contribution in [0.2, 0.25) is 0 Å². The van der Waals surface area contributed by atoms with Gasteiger partial charge in [0.05, 0.1) is 25.3 Å². The first-order valence-electron chi connectivity index (χ1n) is 10.1. The van der Waals surface area contributed by atoms with Crippen LogP contribution in [0.15, 0.2) is 41.5 Å². The topological polar surface area (TPSA) is 53.0 Å². The van der Waals surface area contributed by atoms with Crippen LogP contribution < -0.4 is 5.32 Å². The zero-order chi connectivity index (χ0) is 19.3. The minimum atomic E-state index is 0. The summed E-state index contributed by atoms with van der Waals surface area (Å²) in [6, 6.07) is 11.1. The first kappa shape index (κ1) is 22.5. The second kappa shape index (κ2) is 10.7. The van der Waals surface area contributed by atoms with Crippen LogP contribution in [-0.4, -0.2) is 66.2 Å². The Hall–Kier alpha value is -1.23. The predicted molar refractivity (Wildman–Crippen MR) is 129 cm³/mol. The summed E-state index contributed by atoms with van der Waals surface area (Å²) in [5.74, 6) is 0.936. The number of guanidine groups is 1. The molecule has 2 aromatic rings. The SMILES string of the molecule is CCc1cnc(CNC(=NC)N2CC3OCCN(Cc4ccccc4)C3C2)s1.I. The van der Waals surface area contributed by atoms with Crippen LogP contribution in [0, 0.1) is 0 Å². The van der Waals surface area contributed by atoms with Gasteiger partial charge >= 0.3 is 0 Å². The number of fused-ring (bicyclic) bond motifs is 1. The first-order valence-corrected chi connectivity index (χ1v) is 10.9. The average Bonchev–Trinajstić information content (AvgIpc) is 3.37. The number of rotatable bonds is 5. The van der Waals surface area contributed by atoms with Gasteiger partial charge < -0.3 is 15.0 Å². The number of morpholine rings is 1. The molecule has 2 atom stereocenters. The lowest BCUT2D eigenvalue weighted by molar-refractivity contribution is -0.0502. The Labute approximate surface area is 194 Å². The van der Waals surface area contributed by atoms with E-state index in [1.165, 1.54) is 10.4 Å². The van der Waals surface area contributed by atoms with E-state index >= 15 is 0 Å². The Morgan fingerprint density at radius 2 is 2.14 bits per heavy atom. The molecule has 0 bridgehead atoms. The normalized spacial score (nSPS) is 22.3. The van der Waals surface area contributed by atoms with Gasteiger partial charge in [0.15, 0.2) is 5.96 Å². The molecule has 0 saturated carbocycles. The monoisotopic (exact) mass is 527 g/mol. The molecule has 2 aliphatic heterocycles. The number of hydrogen-bond acceptors (Lipinski definition) is 5. The molecule has 2 aliphatic rings. The third-order valence-electron chi connectivity index (χ3n) is 5.50. The number of nitrogens with one attached hydrogen (secondary N) is 1. The van der Waals surface area contributed by atoms with Crippen molar-refractivity contribution in [1.29, 1.82) is 0 Å². The van der Waals surface area contributed by atoms with Crippen molar-refractivity contribution >= 4 is 41.3 Å². The fourth-order valence-corrected chi connectivity index (χ4v) is 4.83. The zero-order valence-electron chi connectivity index (χ0n) is 17.1. The number of aliphatic imine (C=N–C) groups is 1. The van der Waals surface area contributed by atoms with Crippen LogP contribution in [0.4, 0.5) is 0 Å². The predicted octanol–water partition coefficient (Wildman–Crippen LogP) is 2.98. The van der Waals surface area contributed by atoms with Gasteiger partial charge in [0, 0.05) is 44.3 Å². The summed E-state index contributed by atoms with van der Waals surface area (Å²) in [5.41, 5.74) is 1.36. The van der Waals surface area contributed by atoms with E-state index in [-0.39, 0.29) is 30.1 Å². The lowest BCUT2D eigenvalue weighted by atomic mass is 10.1. The molecule has 6 nitrogen and oxygen atoms in total. The number of benzene rings is 1. The number of thiazole rings is 1. The highest BCUT2D eigenvalue weighted by atomic mass is 127. The molecule has 29 heavy (non-hydrogen) atoms. The van der Waals surface area contributed by atoms with E-state index in [2.05, 4.69) is 62.3 Å². The number of halogens is 1. The van der Waals surface area contributed by atoms with Gasteiger partial charge in [0.25, 0.3) is 0 Å². The van der Waals surface area contributed by atoms with Crippen LogP contribution in [-0.2, 0) is 24.2 Å². The standard InChI is InChI=1S/C21H29N5OS.HI/c1-3-17-11-23-20(28-17)12-24-21(22-2)26-14-18-19(15-26)27-10-9-25(18)13-16-7-5-4-6-8-16;/h4-8,11,18-19H,3,9-10,12-15H2,1-2H3,(H,22,24);1H. The lowest BCUT2D eigenvalue weighted by Gasteiger charge is -2.36. The summed E-state index contributed by atoms with van der Waals surface area (Å²) in [4.78, 5) is 15.2. The Morgan fingerprint density at radius 1 is 1.31 bits per heavy atom. The fourth-order valence-electron chi connectivity index (χ4n) is 4.03. The molecule has 158 valence electrons. The van der Waals surface area contributed by atoms with Crippen molar-refractivity contribution in [1.82, 2.24) is 20.1 Å². The summed E-state index contributed by atoms with van der Waals surface area (Å²) in [6.45, 7) is 7.46. The van der Waals surface area contributed by atoms with Crippen LogP contribution in [0.5, 0.6) is 0 Å². The second-order valence-electron chi connectivity index (χ2n) is 7.31. The van der Waals surface area contributed by atoms with E-state index in [0.717, 1.165) is 56.7 Å². The molecule has 2 unspecified atom stereocenters. The van der Waals surface area contributed by atoms with Crippen LogP contribution in [0.25, 0.3) is 0 Å². The van der Waals surface area contributed by atoms with Crippen molar-refractivity contribution < 1.29 is 4.74 Å². The van der Waals surface area contributed by atoms with Gasteiger partial charge in [-0.25, -0.2) is 4.98 Å². The van der Waals surface area contributed by atoms with Crippen LogP contribution >= 0.6 is 35.3 Å². The maximum absolute atomic E-state index is 6.10. The van der Waals surface area contributed by atoms with E-state index < -0.39 is 0 Å². The van der Waals surface area contributed by atoms with E-state index in [1.807, 2.05) is 13.2 Å². The molecule has 0 radical (unpaired) electrons. The molecule has 2 saturated heterocycles. The van der Waals surface area contributed by atoms with Crippen LogP contribution in [0.3, 0.4) is 0 Å². The maximum Gasteiger partial charge on any atom is 0.194 e. The number of likely N-dealkylation sites (tertiary alicyclic amines) is 1. The molecule has 8 heteroatoms. The van der Waals surface area contributed by atoms with Gasteiger partial charge in [-0.1, -0.05) is 37.3 Å². The van der Waals surface area contributed by atoms with Crippen LogP contribution in [0.1, 0.15) is 22.4 Å². The van der Waals surface area contributed by atoms with Crippen molar-refractivity contribution in [3.63, 3.8) is 0 Å². The Balaban J connectivity index is 0.00000240. The van der Waals surface area contributed by atoms with Crippen molar-refractivity contribution in [2.45, 2.75) is 38.6 Å². The molecule has 1 aromatic carbocycles. The number of aryl methyl sites for hydroxylation is 1. The minimum absolute atomic E-state index is 0. The molecular formula is C21H30IN5OS. The van der Waals surface area contributed by atoms with E-state index in [9.17, 15) is 0 Å². The first-order chi connectivity index (χ1) is 13.8. The number of aromatic nitrogens is 1. The molecular weight excluding hydrogens is 497 g/mol. The van der Waals surface area contributed by atoms with E-state index in [1.54, 1.807) is 11.3 Å². The summed E-state index contributed by atoms with van der Waals surface area (Å²) >= 11 is 1.77. The molecule has 2 fully saturated rings. The van der Waals surface area contributed by atoms with Gasteiger partial charge in [-0.05, 0) is 12.0 Å². The number of ether oxygens (including phenoxy) is 1. The van der Waals surface area contributed by atoms with Crippen molar-refractivity contribution in [2.24, 2.45) is 4.99 Å². The molecule has 0 amide bonds. The second-order valence-corrected chi connectivity index (χ2v) is 8.51. The minimum Gasteiger partial charge on any atom is -0.373 e. The number of nitrogens with zero attached hydrogens (tertiary/aromatic N) is 4. The molecule has 1 aromatic heterocycles. The molecule has 0 spiro atoms. The van der Waals surface area contributed by atoms with Crippen molar-refractivity contribution in [3.05, 3.63) is 52.0 Å². The third kappa shape index (κ3) is 5.48. The highest BCUT2D eigenvalue weighted by molar-refractivity contribution is 14.0. The van der Waals surface area contributed by atoms with Crippen molar-refractivity contribution in [2.75, 3.05) is 33.3 Å². The molecule has 0 aliphatic carbocycles.